The molecule has 0 unspecified atom stereocenters. The first-order chi connectivity index (χ1) is 11.8. The summed E-state index contributed by atoms with van der Waals surface area (Å²) in [4.78, 5) is 48.1. The molecule has 0 spiro atoms. The Balaban J connectivity index is 2.20. The van der Waals surface area contributed by atoms with E-state index in [0.29, 0.717) is 23.0 Å². The first kappa shape index (κ1) is 18.8. The number of carbonyl (C=O) groups excluding carboxylic acids is 4. The van der Waals surface area contributed by atoms with Gasteiger partial charge in [0, 0.05) is 19.5 Å². The van der Waals surface area contributed by atoms with Crippen LogP contribution >= 0.6 is 15.9 Å². The maximum atomic E-state index is 12.2. The van der Waals surface area contributed by atoms with Crippen LogP contribution in [0.3, 0.4) is 0 Å². The molecule has 0 aromatic heterocycles. The van der Waals surface area contributed by atoms with E-state index < -0.39 is 11.9 Å². The molecule has 0 aliphatic carbocycles. The molecule has 130 valence electrons. The number of halogens is 1. The summed E-state index contributed by atoms with van der Waals surface area (Å²) in [6.45, 7) is 2.93. The van der Waals surface area contributed by atoms with Crippen molar-refractivity contribution in [2.24, 2.45) is 0 Å². The van der Waals surface area contributed by atoms with Crippen molar-refractivity contribution in [2.75, 3.05) is 6.54 Å². The van der Waals surface area contributed by atoms with Gasteiger partial charge in [0.15, 0.2) is 5.78 Å². The fraction of sp³-hybridized carbons (Fsp3) is 0.222. The van der Waals surface area contributed by atoms with E-state index in [-0.39, 0.29) is 23.0 Å². The molecule has 7 heteroatoms. The van der Waals surface area contributed by atoms with E-state index in [4.69, 9.17) is 4.74 Å². The Morgan fingerprint density at radius 3 is 2.60 bits per heavy atom. The van der Waals surface area contributed by atoms with Crippen LogP contribution in [-0.4, -0.2) is 35.0 Å². The Hall–Kier alpha value is -2.54. The summed E-state index contributed by atoms with van der Waals surface area (Å²) in [6.07, 6.45) is 5.10. The number of amides is 2. The summed E-state index contributed by atoms with van der Waals surface area (Å²) in [5.74, 6) is -1.44. The Morgan fingerprint density at radius 2 is 1.96 bits per heavy atom. The molecule has 25 heavy (non-hydrogen) atoms. The van der Waals surface area contributed by atoms with Gasteiger partial charge in [-0.15, -0.1) is 0 Å². The van der Waals surface area contributed by atoms with Crippen LogP contribution in [0.15, 0.2) is 34.8 Å². The Bertz CT molecular complexity index is 810. The molecule has 1 aromatic carbocycles. The van der Waals surface area contributed by atoms with E-state index in [1.807, 2.05) is 0 Å². The monoisotopic (exact) mass is 405 g/mol. The third-order valence-corrected chi connectivity index (χ3v) is 4.11. The third-order valence-electron chi connectivity index (χ3n) is 3.45. The van der Waals surface area contributed by atoms with E-state index in [0.717, 1.165) is 4.90 Å². The van der Waals surface area contributed by atoms with Crippen molar-refractivity contribution in [3.05, 3.63) is 46.0 Å². The van der Waals surface area contributed by atoms with Gasteiger partial charge in [0.1, 0.15) is 5.75 Å². The van der Waals surface area contributed by atoms with Crippen LogP contribution < -0.4 is 4.74 Å². The van der Waals surface area contributed by atoms with Crippen molar-refractivity contribution in [2.45, 2.75) is 20.3 Å². The molecule has 0 N–H and O–H groups in total. The van der Waals surface area contributed by atoms with Gasteiger partial charge in [0.2, 0.25) is 0 Å². The summed E-state index contributed by atoms with van der Waals surface area (Å²) in [5, 5.41) is 0. The van der Waals surface area contributed by atoms with Gasteiger partial charge in [-0.05, 0) is 53.0 Å². The number of hydrogen-bond donors (Lipinski definition) is 0. The topological polar surface area (TPSA) is 80.8 Å². The first-order valence-electron chi connectivity index (χ1n) is 7.52. The quantitative estimate of drug-likeness (QED) is 0.333. The van der Waals surface area contributed by atoms with Crippen LogP contribution in [-0.2, 0) is 14.4 Å². The van der Waals surface area contributed by atoms with Crippen molar-refractivity contribution in [1.29, 1.82) is 0 Å². The summed E-state index contributed by atoms with van der Waals surface area (Å²) in [7, 11) is 0. The molecule has 2 rings (SSSR count). The molecule has 0 radical (unpaired) electrons. The Kier molecular flexibility index (Phi) is 6.03. The molecular formula is C18H16BrNO5. The second kappa shape index (κ2) is 8.02. The van der Waals surface area contributed by atoms with E-state index in [1.54, 1.807) is 12.1 Å². The van der Waals surface area contributed by atoms with Crippen LogP contribution in [0.5, 0.6) is 5.75 Å². The van der Waals surface area contributed by atoms with Crippen molar-refractivity contribution >= 4 is 45.6 Å². The van der Waals surface area contributed by atoms with Crippen LogP contribution in [0.1, 0.15) is 36.2 Å². The molecule has 1 aliphatic heterocycles. The second-order valence-corrected chi connectivity index (χ2v) is 6.23. The molecule has 0 saturated carbocycles. The highest BCUT2D eigenvalue weighted by molar-refractivity contribution is 9.12. The van der Waals surface area contributed by atoms with Gasteiger partial charge in [-0.3, -0.25) is 24.1 Å². The smallest absolute Gasteiger partial charge is 0.308 e. The number of benzene rings is 1. The first-order valence-corrected chi connectivity index (χ1v) is 8.32. The lowest BCUT2D eigenvalue weighted by molar-refractivity contribution is -0.139. The van der Waals surface area contributed by atoms with Gasteiger partial charge in [-0.2, -0.15) is 0 Å². The minimum atomic E-state index is -0.525. The van der Waals surface area contributed by atoms with Gasteiger partial charge in [0.25, 0.3) is 11.8 Å². The van der Waals surface area contributed by atoms with Crippen LogP contribution in [0.4, 0.5) is 0 Å². The number of rotatable bonds is 4. The zero-order chi connectivity index (χ0) is 18.6. The van der Waals surface area contributed by atoms with Gasteiger partial charge >= 0.3 is 5.97 Å². The number of esters is 1. The summed E-state index contributed by atoms with van der Waals surface area (Å²) in [5.41, 5.74) is 0.818. The molecule has 1 aliphatic rings. The number of carbonyl (C=O) groups is 4. The lowest BCUT2D eigenvalue weighted by Gasteiger charge is -2.21. The minimum Gasteiger partial charge on any atom is -0.426 e. The van der Waals surface area contributed by atoms with E-state index in [9.17, 15) is 19.2 Å². The zero-order valence-electron chi connectivity index (χ0n) is 13.7. The largest absolute Gasteiger partial charge is 0.426 e. The van der Waals surface area contributed by atoms with Gasteiger partial charge in [-0.25, -0.2) is 0 Å². The Labute approximate surface area is 153 Å². The lowest BCUT2D eigenvalue weighted by Crippen LogP contribution is -2.38. The predicted molar refractivity (Wildman–Crippen MR) is 95.1 cm³/mol. The Morgan fingerprint density at radius 1 is 1.24 bits per heavy atom. The number of hydrogen-bond acceptors (Lipinski definition) is 5. The van der Waals surface area contributed by atoms with Gasteiger partial charge < -0.3 is 4.74 Å². The molecule has 1 heterocycles. The lowest BCUT2D eigenvalue weighted by atomic mass is 10.1. The average Bonchev–Trinajstić information content (AvgIpc) is 2.55. The summed E-state index contributed by atoms with van der Waals surface area (Å²) in [6, 6.07) is 4.63. The molecular weight excluding hydrogens is 390 g/mol. The molecule has 6 nitrogen and oxygen atoms in total. The fourth-order valence-electron chi connectivity index (χ4n) is 2.28. The number of Topliss-reactive ketones (excluding diaryl/α,β-unsaturated/α-hetero) is 1. The van der Waals surface area contributed by atoms with Crippen LogP contribution in [0.2, 0.25) is 0 Å². The number of ketones is 1. The summed E-state index contributed by atoms with van der Waals surface area (Å²) < 4.78 is 5.36. The van der Waals surface area contributed by atoms with Gasteiger partial charge in [0.05, 0.1) is 10.0 Å². The standard InChI is InChI=1S/C18H16BrNO5/c1-11(21)14-10-13(5-7-16(14)25-12(2)22)6-8-17(23)20-9-3-4-15(19)18(20)24/h4-8,10H,3,9H2,1-2H3/b8-6+. The number of nitrogens with zero attached hydrogens (tertiary/aromatic N) is 1. The van der Waals surface area contributed by atoms with E-state index in [1.165, 1.54) is 38.1 Å². The highest BCUT2D eigenvalue weighted by atomic mass is 79.9. The molecule has 0 fully saturated rings. The molecule has 0 saturated heterocycles. The molecule has 0 atom stereocenters. The van der Waals surface area contributed by atoms with Crippen molar-refractivity contribution < 1.29 is 23.9 Å². The van der Waals surface area contributed by atoms with Crippen molar-refractivity contribution in [1.82, 2.24) is 4.90 Å². The molecule has 2 amide bonds. The van der Waals surface area contributed by atoms with Crippen molar-refractivity contribution in [3.8, 4) is 5.75 Å². The molecule has 0 bridgehead atoms. The maximum absolute atomic E-state index is 12.2. The SMILES string of the molecule is CC(=O)Oc1ccc(/C=C/C(=O)N2CCC=C(Br)C2=O)cc1C(C)=O. The second-order valence-electron chi connectivity index (χ2n) is 5.37. The number of imide groups is 1. The highest BCUT2D eigenvalue weighted by Gasteiger charge is 2.24. The number of ether oxygens (including phenoxy) is 1. The predicted octanol–water partition coefficient (Wildman–Crippen LogP) is 2.87. The van der Waals surface area contributed by atoms with Crippen LogP contribution in [0.25, 0.3) is 6.08 Å². The van der Waals surface area contributed by atoms with Crippen molar-refractivity contribution in [3.63, 3.8) is 0 Å². The molecule has 1 aromatic rings. The average molecular weight is 406 g/mol. The minimum absolute atomic E-state index is 0.170. The van der Waals surface area contributed by atoms with E-state index in [2.05, 4.69) is 15.9 Å². The highest BCUT2D eigenvalue weighted by Crippen LogP contribution is 2.22. The maximum Gasteiger partial charge on any atom is 0.308 e. The summed E-state index contributed by atoms with van der Waals surface area (Å²) >= 11 is 3.13. The third kappa shape index (κ3) is 4.73. The van der Waals surface area contributed by atoms with E-state index >= 15 is 0 Å². The zero-order valence-corrected chi connectivity index (χ0v) is 15.3. The normalized spacial score (nSPS) is 14.4. The van der Waals surface area contributed by atoms with Gasteiger partial charge in [-0.1, -0.05) is 12.1 Å². The van der Waals surface area contributed by atoms with Crippen LogP contribution in [0, 0.1) is 0 Å². The fourth-order valence-corrected chi connectivity index (χ4v) is 2.72.